The van der Waals surface area contributed by atoms with Gasteiger partial charge in [-0.2, -0.15) is 0 Å². The Morgan fingerprint density at radius 3 is 2.73 bits per heavy atom. The van der Waals surface area contributed by atoms with Crippen LogP contribution in [0.5, 0.6) is 0 Å². The Morgan fingerprint density at radius 1 is 1.31 bits per heavy atom. The Hall–Kier alpha value is -2.11. The quantitative estimate of drug-likeness (QED) is 0.900. The molecule has 2 fully saturated rings. The summed E-state index contributed by atoms with van der Waals surface area (Å²) < 4.78 is 0. The summed E-state index contributed by atoms with van der Waals surface area (Å²) in [6.07, 6.45) is 6.18. The van der Waals surface area contributed by atoms with Gasteiger partial charge in [0.1, 0.15) is 0 Å². The summed E-state index contributed by atoms with van der Waals surface area (Å²) in [6.45, 7) is 7.02. The molecule has 0 aromatic carbocycles. The van der Waals surface area contributed by atoms with Crippen molar-refractivity contribution in [2.75, 3.05) is 19.6 Å². The molecule has 26 heavy (non-hydrogen) atoms. The maximum absolute atomic E-state index is 12.4. The zero-order chi connectivity index (χ0) is 18.6. The first-order chi connectivity index (χ1) is 12.5. The third-order valence-corrected chi connectivity index (χ3v) is 5.92. The Labute approximate surface area is 156 Å². The number of amides is 3. The number of likely N-dealkylation sites (tertiary alicyclic amines) is 2. The van der Waals surface area contributed by atoms with Crippen LogP contribution in [-0.2, 0) is 11.3 Å². The second kappa shape index (κ2) is 8.06. The van der Waals surface area contributed by atoms with Gasteiger partial charge in [0.15, 0.2) is 0 Å². The van der Waals surface area contributed by atoms with Crippen LogP contribution in [0, 0.1) is 5.41 Å². The van der Waals surface area contributed by atoms with Crippen molar-refractivity contribution < 1.29 is 9.59 Å². The standard InChI is InChI=1S/C20H30N4O2/c1-3-16(2)22-19(26)23-12-9-20(10-13-23)8-7-18(25)24(15-20)14-17-6-4-5-11-21-17/h4-6,11,16H,3,7-10,12-15H2,1-2H3,(H,22,26)/t16-/m0/s1. The second-order valence-electron chi connectivity index (χ2n) is 7.82. The van der Waals surface area contributed by atoms with Crippen LogP contribution in [0.2, 0.25) is 0 Å². The highest BCUT2D eigenvalue weighted by atomic mass is 16.2. The van der Waals surface area contributed by atoms with Crippen molar-refractivity contribution in [3.63, 3.8) is 0 Å². The summed E-state index contributed by atoms with van der Waals surface area (Å²) in [4.78, 5) is 33.0. The van der Waals surface area contributed by atoms with Crippen molar-refractivity contribution in [3.05, 3.63) is 30.1 Å². The van der Waals surface area contributed by atoms with E-state index in [9.17, 15) is 9.59 Å². The average Bonchev–Trinajstić information content (AvgIpc) is 2.66. The lowest BCUT2D eigenvalue weighted by atomic mass is 9.72. The first-order valence-electron chi connectivity index (χ1n) is 9.74. The number of hydrogen-bond acceptors (Lipinski definition) is 3. The van der Waals surface area contributed by atoms with E-state index >= 15 is 0 Å². The highest BCUT2D eigenvalue weighted by Crippen LogP contribution is 2.40. The number of carbonyl (C=O) groups excluding carboxylic acids is 2. The fraction of sp³-hybridized carbons (Fsp3) is 0.650. The summed E-state index contributed by atoms with van der Waals surface area (Å²) in [5.74, 6) is 0.221. The molecule has 0 unspecified atom stereocenters. The van der Waals surface area contributed by atoms with E-state index in [2.05, 4.69) is 17.2 Å². The number of nitrogens with one attached hydrogen (secondary N) is 1. The molecule has 1 aromatic heterocycles. The van der Waals surface area contributed by atoms with Gasteiger partial charge in [0.05, 0.1) is 12.2 Å². The van der Waals surface area contributed by atoms with Crippen molar-refractivity contribution in [3.8, 4) is 0 Å². The van der Waals surface area contributed by atoms with E-state index in [0.717, 1.165) is 51.0 Å². The first kappa shape index (κ1) is 18.7. The fourth-order valence-corrected chi connectivity index (χ4v) is 3.93. The molecule has 3 amide bonds. The number of nitrogens with zero attached hydrogens (tertiary/aromatic N) is 3. The van der Waals surface area contributed by atoms with E-state index in [4.69, 9.17) is 0 Å². The van der Waals surface area contributed by atoms with Crippen LogP contribution in [0.25, 0.3) is 0 Å². The summed E-state index contributed by atoms with van der Waals surface area (Å²) in [5.41, 5.74) is 1.08. The van der Waals surface area contributed by atoms with Crippen LogP contribution in [0.3, 0.4) is 0 Å². The molecule has 0 saturated carbocycles. The van der Waals surface area contributed by atoms with Gasteiger partial charge in [-0.25, -0.2) is 4.79 Å². The van der Waals surface area contributed by atoms with Crippen LogP contribution < -0.4 is 5.32 Å². The molecule has 1 spiro atoms. The van der Waals surface area contributed by atoms with Crippen LogP contribution in [0.15, 0.2) is 24.4 Å². The van der Waals surface area contributed by atoms with Gasteiger partial charge in [-0.15, -0.1) is 0 Å². The summed E-state index contributed by atoms with van der Waals surface area (Å²) in [6, 6.07) is 6.08. The molecule has 2 aliphatic heterocycles. The minimum Gasteiger partial charge on any atom is -0.336 e. The van der Waals surface area contributed by atoms with Crippen molar-refractivity contribution in [2.45, 2.75) is 58.5 Å². The second-order valence-corrected chi connectivity index (χ2v) is 7.82. The number of aromatic nitrogens is 1. The Morgan fingerprint density at radius 2 is 2.08 bits per heavy atom. The summed E-state index contributed by atoms with van der Waals surface area (Å²) >= 11 is 0. The molecule has 6 heteroatoms. The molecule has 3 rings (SSSR count). The normalized spacial score (nSPS) is 20.9. The molecule has 6 nitrogen and oxygen atoms in total. The van der Waals surface area contributed by atoms with Crippen LogP contribution in [0.1, 0.15) is 51.6 Å². The van der Waals surface area contributed by atoms with Gasteiger partial charge < -0.3 is 15.1 Å². The highest BCUT2D eigenvalue weighted by molar-refractivity contribution is 5.77. The number of pyridine rings is 1. The van der Waals surface area contributed by atoms with E-state index in [-0.39, 0.29) is 23.4 Å². The Balaban J connectivity index is 1.57. The third kappa shape index (κ3) is 4.34. The van der Waals surface area contributed by atoms with Crippen molar-refractivity contribution in [2.24, 2.45) is 5.41 Å². The zero-order valence-corrected chi connectivity index (χ0v) is 15.9. The van der Waals surface area contributed by atoms with Gasteiger partial charge in [-0.1, -0.05) is 13.0 Å². The lowest BCUT2D eigenvalue weighted by Crippen LogP contribution is -2.54. The molecule has 2 saturated heterocycles. The molecule has 1 N–H and O–H groups in total. The molecule has 0 radical (unpaired) electrons. The number of carbonyl (C=O) groups is 2. The smallest absolute Gasteiger partial charge is 0.317 e. The highest BCUT2D eigenvalue weighted by Gasteiger charge is 2.41. The van der Waals surface area contributed by atoms with Crippen molar-refractivity contribution >= 4 is 11.9 Å². The number of rotatable bonds is 4. The predicted octanol–water partition coefficient (Wildman–Crippen LogP) is 2.79. The SMILES string of the molecule is CC[C@H](C)NC(=O)N1CCC2(CCC(=O)N(Cc3ccccn3)C2)CC1. The molecule has 142 valence electrons. The third-order valence-electron chi connectivity index (χ3n) is 5.92. The van der Waals surface area contributed by atoms with Gasteiger partial charge in [0.2, 0.25) is 5.91 Å². The largest absolute Gasteiger partial charge is 0.336 e. The topological polar surface area (TPSA) is 65.5 Å². The van der Waals surface area contributed by atoms with Crippen molar-refractivity contribution in [1.29, 1.82) is 0 Å². The van der Waals surface area contributed by atoms with Gasteiger partial charge in [0, 0.05) is 38.3 Å². The molecule has 0 bridgehead atoms. The van der Waals surface area contributed by atoms with E-state index in [1.165, 1.54) is 0 Å². The molecule has 1 aromatic rings. The van der Waals surface area contributed by atoms with E-state index in [1.54, 1.807) is 6.20 Å². The van der Waals surface area contributed by atoms with Gasteiger partial charge >= 0.3 is 6.03 Å². The molecule has 1 atom stereocenters. The Bertz CT molecular complexity index is 626. The average molecular weight is 358 g/mol. The number of urea groups is 1. The van der Waals surface area contributed by atoms with Gasteiger partial charge in [-0.3, -0.25) is 9.78 Å². The molecule has 0 aliphatic carbocycles. The van der Waals surface area contributed by atoms with Gasteiger partial charge in [-0.05, 0) is 50.2 Å². The molecule has 3 heterocycles. The lowest BCUT2D eigenvalue weighted by Gasteiger charge is -2.47. The molecular weight excluding hydrogens is 328 g/mol. The fourth-order valence-electron chi connectivity index (χ4n) is 3.93. The Kier molecular flexibility index (Phi) is 5.79. The van der Waals surface area contributed by atoms with Crippen LogP contribution in [0.4, 0.5) is 4.79 Å². The zero-order valence-electron chi connectivity index (χ0n) is 15.9. The van der Waals surface area contributed by atoms with E-state index < -0.39 is 0 Å². The maximum Gasteiger partial charge on any atom is 0.317 e. The summed E-state index contributed by atoms with van der Waals surface area (Å²) in [5, 5.41) is 3.05. The predicted molar refractivity (Wildman–Crippen MR) is 100 cm³/mol. The van der Waals surface area contributed by atoms with E-state index in [0.29, 0.717) is 13.0 Å². The van der Waals surface area contributed by atoms with Crippen molar-refractivity contribution in [1.82, 2.24) is 20.1 Å². The minimum atomic E-state index is 0.0476. The molecule has 2 aliphatic rings. The molecular formula is C20H30N4O2. The van der Waals surface area contributed by atoms with Crippen LogP contribution >= 0.6 is 0 Å². The summed E-state index contributed by atoms with van der Waals surface area (Å²) in [7, 11) is 0. The maximum atomic E-state index is 12.4. The van der Waals surface area contributed by atoms with Gasteiger partial charge in [0.25, 0.3) is 0 Å². The lowest BCUT2D eigenvalue weighted by molar-refractivity contribution is -0.139. The monoisotopic (exact) mass is 358 g/mol. The number of piperidine rings is 2. The minimum absolute atomic E-state index is 0.0476. The first-order valence-corrected chi connectivity index (χ1v) is 9.74. The number of hydrogen-bond donors (Lipinski definition) is 1. The van der Waals surface area contributed by atoms with Crippen LogP contribution in [-0.4, -0.2) is 52.4 Å². The van der Waals surface area contributed by atoms with E-state index in [1.807, 2.05) is 34.9 Å².